The summed E-state index contributed by atoms with van der Waals surface area (Å²) in [5.41, 5.74) is 0.713. The Morgan fingerprint density at radius 1 is 1.30 bits per heavy atom. The van der Waals surface area contributed by atoms with Crippen LogP contribution < -0.4 is 5.32 Å². The van der Waals surface area contributed by atoms with Crippen molar-refractivity contribution in [2.24, 2.45) is 0 Å². The molecule has 110 valence electrons. The van der Waals surface area contributed by atoms with Crippen LogP contribution in [0, 0.1) is 0 Å². The van der Waals surface area contributed by atoms with E-state index in [2.05, 4.69) is 5.32 Å². The van der Waals surface area contributed by atoms with Crippen LogP contribution in [0.15, 0.2) is 24.3 Å². The van der Waals surface area contributed by atoms with Crippen LogP contribution in [0.3, 0.4) is 0 Å². The number of carbonyl (C=O) groups is 2. The number of aromatic hydroxyl groups is 1. The van der Waals surface area contributed by atoms with Crippen LogP contribution in [0.2, 0.25) is 0 Å². The lowest BCUT2D eigenvalue weighted by atomic mass is 10.1. The number of ether oxygens (including phenoxy) is 1. The fourth-order valence-corrected chi connectivity index (χ4v) is 1.61. The molecule has 1 rings (SSSR count). The number of hydrogen-bond donors (Lipinski definition) is 3. The Morgan fingerprint density at radius 3 is 2.50 bits per heavy atom. The molecule has 1 aromatic carbocycles. The average molecular weight is 281 g/mol. The van der Waals surface area contributed by atoms with Crippen molar-refractivity contribution in [2.45, 2.75) is 25.8 Å². The van der Waals surface area contributed by atoms with Crippen molar-refractivity contribution < 1.29 is 24.5 Å². The molecule has 1 amide bonds. The van der Waals surface area contributed by atoms with Gasteiger partial charge in [0, 0.05) is 13.0 Å². The summed E-state index contributed by atoms with van der Waals surface area (Å²) >= 11 is 0. The minimum atomic E-state index is -1.11. The first kappa shape index (κ1) is 16.0. The Bertz CT molecular complexity index is 443. The van der Waals surface area contributed by atoms with Gasteiger partial charge in [0.2, 0.25) is 5.91 Å². The molecule has 0 bridgehead atoms. The fourth-order valence-electron chi connectivity index (χ4n) is 1.61. The molecule has 0 radical (unpaired) electrons. The van der Waals surface area contributed by atoms with E-state index >= 15 is 0 Å². The van der Waals surface area contributed by atoms with Crippen LogP contribution in [0.5, 0.6) is 5.75 Å². The fraction of sp³-hybridized carbons (Fsp3) is 0.429. The summed E-state index contributed by atoms with van der Waals surface area (Å²) in [7, 11) is 0. The zero-order valence-electron chi connectivity index (χ0n) is 11.3. The number of rotatable bonds is 8. The molecule has 0 unspecified atom stereocenters. The molecule has 0 spiro atoms. The highest BCUT2D eigenvalue weighted by molar-refractivity contribution is 5.84. The molecule has 3 N–H and O–H groups in total. The minimum Gasteiger partial charge on any atom is -0.508 e. The van der Waals surface area contributed by atoms with E-state index in [0.717, 1.165) is 6.42 Å². The predicted molar refractivity (Wildman–Crippen MR) is 72.5 cm³/mol. The molecule has 0 saturated heterocycles. The second-order valence-electron chi connectivity index (χ2n) is 4.38. The summed E-state index contributed by atoms with van der Waals surface area (Å²) in [5.74, 6) is -1.45. The second kappa shape index (κ2) is 8.16. The van der Waals surface area contributed by atoms with E-state index < -0.39 is 17.9 Å². The van der Waals surface area contributed by atoms with Crippen LogP contribution in [0.1, 0.15) is 18.9 Å². The van der Waals surface area contributed by atoms with Gasteiger partial charge < -0.3 is 20.3 Å². The summed E-state index contributed by atoms with van der Waals surface area (Å²) in [6, 6.07) is 5.16. The van der Waals surface area contributed by atoms with Gasteiger partial charge >= 0.3 is 5.97 Å². The Kier molecular flexibility index (Phi) is 6.52. The maximum atomic E-state index is 11.5. The predicted octanol–water partition coefficient (Wildman–Crippen LogP) is 0.931. The number of phenols is 1. The highest BCUT2D eigenvalue weighted by Crippen LogP contribution is 2.11. The number of carbonyl (C=O) groups excluding carboxylic acids is 1. The number of benzene rings is 1. The Labute approximate surface area is 117 Å². The lowest BCUT2D eigenvalue weighted by Gasteiger charge is -2.14. The van der Waals surface area contributed by atoms with Gasteiger partial charge in [-0.05, 0) is 24.1 Å². The van der Waals surface area contributed by atoms with E-state index in [4.69, 9.17) is 14.9 Å². The van der Waals surface area contributed by atoms with Crippen molar-refractivity contribution in [1.82, 2.24) is 5.32 Å². The van der Waals surface area contributed by atoms with E-state index in [9.17, 15) is 9.59 Å². The van der Waals surface area contributed by atoms with Crippen LogP contribution in [0.25, 0.3) is 0 Å². The SMILES string of the molecule is CCCOCC(=O)N[C@@H](Cc1ccc(O)cc1)C(=O)O. The van der Waals surface area contributed by atoms with E-state index in [-0.39, 0.29) is 18.8 Å². The Hall–Kier alpha value is -2.08. The van der Waals surface area contributed by atoms with Crippen LogP contribution in [-0.2, 0) is 20.7 Å². The normalized spacial score (nSPS) is 11.8. The van der Waals surface area contributed by atoms with Gasteiger partial charge in [-0.2, -0.15) is 0 Å². The summed E-state index contributed by atoms with van der Waals surface area (Å²) in [4.78, 5) is 22.7. The zero-order chi connectivity index (χ0) is 15.0. The summed E-state index contributed by atoms with van der Waals surface area (Å²) < 4.78 is 5.05. The monoisotopic (exact) mass is 281 g/mol. The number of phenolic OH excluding ortho intramolecular Hbond substituents is 1. The zero-order valence-corrected chi connectivity index (χ0v) is 11.3. The summed E-state index contributed by atoms with van der Waals surface area (Å²) in [5, 5.41) is 20.7. The van der Waals surface area contributed by atoms with Gasteiger partial charge in [-0.1, -0.05) is 19.1 Å². The minimum absolute atomic E-state index is 0.109. The van der Waals surface area contributed by atoms with Gasteiger partial charge in [-0.15, -0.1) is 0 Å². The highest BCUT2D eigenvalue weighted by atomic mass is 16.5. The van der Waals surface area contributed by atoms with E-state index in [0.29, 0.717) is 12.2 Å². The van der Waals surface area contributed by atoms with Crippen molar-refractivity contribution in [3.05, 3.63) is 29.8 Å². The van der Waals surface area contributed by atoms with Crippen LogP contribution in [-0.4, -0.2) is 41.3 Å². The molecule has 1 atom stereocenters. The molecule has 0 aliphatic rings. The van der Waals surface area contributed by atoms with Gasteiger partial charge in [0.05, 0.1) is 0 Å². The largest absolute Gasteiger partial charge is 0.508 e. The third kappa shape index (κ3) is 5.71. The topological polar surface area (TPSA) is 95.9 Å². The molecule has 0 heterocycles. The maximum absolute atomic E-state index is 11.5. The van der Waals surface area contributed by atoms with E-state index in [1.54, 1.807) is 12.1 Å². The molecule has 0 aliphatic heterocycles. The van der Waals surface area contributed by atoms with Crippen molar-refractivity contribution in [3.8, 4) is 5.75 Å². The molecule has 0 aliphatic carbocycles. The molecule has 6 heteroatoms. The summed E-state index contributed by atoms with van der Waals surface area (Å²) in [6.07, 6.45) is 0.943. The smallest absolute Gasteiger partial charge is 0.326 e. The molecule has 6 nitrogen and oxygen atoms in total. The highest BCUT2D eigenvalue weighted by Gasteiger charge is 2.20. The molecule has 20 heavy (non-hydrogen) atoms. The molecule has 1 aromatic rings. The third-order valence-corrected chi connectivity index (χ3v) is 2.59. The average Bonchev–Trinajstić information content (AvgIpc) is 2.40. The van der Waals surface area contributed by atoms with Gasteiger partial charge in [-0.3, -0.25) is 4.79 Å². The number of nitrogens with one attached hydrogen (secondary N) is 1. The molecular weight excluding hydrogens is 262 g/mol. The van der Waals surface area contributed by atoms with Crippen molar-refractivity contribution in [3.63, 3.8) is 0 Å². The maximum Gasteiger partial charge on any atom is 0.326 e. The lowest BCUT2D eigenvalue weighted by Crippen LogP contribution is -2.43. The number of hydrogen-bond acceptors (Lipinski definition) is 4. The van der Waals surface area contributed by atoms with Gasteiger partial charge in [0.1, 0.15) is 18.4 Å². The van der Waals surface area contributed by atoms with E-state index in [1.807, 2.05) is 6.92 Å². The van der Waals surface area contributed by atoms with Crippen molar-refractivity contribution in [2.75, 3.05) is 13.2 Å². The van der Waals surface area contributed by atoms with Crippen molar-refractivity contribution in [1.29, 1.82) is 0 Å². The van der Waals surface area contributed by atoms with E-state index in [1.165, 1.54) is 12.1 Å². The first-order chi connectivity index (χ1) is 9.52. The van der Waals surface area contributed by atoms with Gasteiger partial charge in [0.25, 0.3) is 0 Å². The first-order valence-corrected chi connectivity index (χ1v) is 6.40. The quantitative estimate of drug-likeness (QED) is 0.616. The molecular formula is C14H19NO5. The molecule has 0 saturated carbocycles. The number of amides is 1. The van der Waals surface area contributed by atoms with Crippen molar-refractivity contribution >= 4 is 11.9 Å². The number of carboxylic acids is 1. The standard InChI is InChI=1S/C14H19NO5/c1-2-7-20-9-13(17)15-12(14(18)19)8-10-3-5-11(16)6-4-10/h3-6,12,16H,2,7-9H2,1H3,(H,15,17)(H,18,19)/t12-/m0/s1. The molecule has 0 fully saturated rings. The van der Waals surface area contributed by atoms with Gasteiger partial charge in [0.15, 0.2) is 0 Å². The van der Waals surface area contributed by atoms with Gasteiger partial charge in [-0.25, -0.2) is 4.79 Å². The Morgan fingerprint density at radius 2 is 1.95 bits per heavy atom. The molecule has 0 aromatic heterocycles. The second-order valence-corrected chi connectivity index (χ2v) is 4.38. The summed E-state index contributed by atoms with van der Waals surface area (Å²) in [6.45, 7) is 2.24. The first-order valence-electron chi connectivity index (χ1n) is 6.40. The number of aliphatic carboxylic acids is 1. The third-order valence-electron chi connectivity index (χ3n) is 2.59. The lowest BCUT2D eigenvalue weighted by molar-refractivity contribution is -0.142. The van der Waals surface area contributed by atoms with Crippen LogP contribution >= 0.6 is 0 Å². The number of carboxylic acid groups (broad SMARTS) is 1. The van der Waals surface area contributed by atoms with Crippen LogP contribution in [0.4, 0.5) is 0 Å². The Balaban J connectivity index is 2.54.